The molecule has 5 nitrogen and oxygen atoms in total. The SMILES string of the molecule is [2H]C([2H])([2H])N1C(=O)c2cccc(C#CC)c2[C@H]2C[C@@H]1c1nc3ccc(-c4ccc(P(C)(C)=O)cc4)cc3n12. The summed E-state index contributed by atoms with van der Waals surface area (Å²) in [5, 5.41) is 0.827. The summed E-state index contributed by atoms with van der Waals surface area (Å²) in [5.41, 5.74) is 5.40. The first-order chi connectivity index (χ1) is 18.0. The molecule has 1 aromatic heterocycles. The summed E-state index contributed by atoms with van der Waals surface area (Å²) < 4.78 is 39.2. The number of hydrogen-bond donors (Lipinski definition) is 0. The Balaban J connectivity index is 1.58. The van der Waals surface area contributed by atoms with Crippen molar-refractivity contribution in [2.75, 3.05) is 20.3 Å². The number of amides is 1. The normalized spacial score (nSPS) is 20.3. The number of carbonyl (C=O) groups is 1. The minimum absolute atomic E-state index is 0.285. The van der Waals surface area contributed by atoms with Gasteiger partial charge in [-0.1, -0.05) is 42.3 Å². The summed E-state index contributed by atoms with van der Waals surface area (Å²) in [6, 6.07) is 18.1. The van der Waals surface area contributed by atoms with Crippen LogP contribution in [0, 0.1) is 11.8 Å². The first-order valence-electron chi connectivity index (χ1n) is 13.1. The molecule has 0 saturated carbocycles. The van der Waals surface area contributed by atoms with E-state index in [9.17, 15) is 9.36 Å². The van der Waals surface area contributed by atoms with Crippen LogP contribution in [-0.4, -0.2) is 40.7 Å². The highest BCUT2D eigenvalue weighted by atomic mass is 31.2. The lowest BCUT2D eigenvalue weighted by molar-refractivity contribution is 0.0734. The molecule has 0 saturated heterocycles. The average Bonchev–Trinajstić information content (AvgIpc) is 3.36. The third-order valence-electron chi connectivity index (χ3n) is 7.06. The highest BCUT2D eigenvalue weighted by Crippen LogP contribution is 2.48. The molecular weight excluding hydrogens is 453 g/mol. The van der Waals surface area contributed by atoms with Gasteiger partial charge in [0.05, 0.1) is 23.1 Å². The number of hydrogen-bond acceptors (Lipinski definition) is 3. The van der Waals surface area contributed by atoms with Crippen LogP contribution >= 0.6 is 7.14 Å². The molecule has 3 heterocycles. The van der Waals surface area contributed by atoms with Gasteiger partial charge in [-0.05, 0) is 55.6 Å². The quantitative estimate of drug-likeness (QED) is 0.282. The molecule has 35 heavy (non-hydrogen) atoms. The lowest BCUT2D eigenvalue weighted by atomic mass is 9.93. The maximum absolute atomic E-state index is 13.7. The maximum Gasteiger partial charge on any atom is 0.254 e. The van der Waals surface area contributed by atoms with Gasteiger partial charge in [-0.15, -0.1) is 5.92 Å². The number of aromatic nitrogens is 2. The third-order valence-corrected chi connectivity index (χ3v) is 8.60. The predicted octanol–water partition coefficient (Wildman–Crippen LogP) is 5.44. The molecule has 0 aliphatic carbocycles. The van der Waals surface area contributed by atoms with Crippen molar-refractivity contribution in [1.29, 1.82) is 0 Å². The van der Waals surface area contributed by atoms with Crippen LogP contribution in [-0.2, 0) is 4.57 Å². The maximum atomic E-state index is 13.7. The van der Waals surface area contributed by atoms with Crippen LogP contribution < -0.4 is 5.30 Å². The minimum atomic E-state index is -2.63. The standard InChI is InChI=1S/C29H26N3O2P/c1-5-7-19-8-6-9-22-27(19)25-17-26(31(2)29(22)33)28-30-23-15-12-20(16-24(23)32(25)28)18-10-13-21(14-11-18)35(3,4)34/h6,8-16,25-26H,17H2,1-4H3/t25-,26-/m1/s1/i2D3. The fourth-order valence-corrected chi connectivity index (χ4v) is 6.25. The van der Waals surface area contributed by atoms with Crippen molar-refractivity contribution < 1.29 is 13.5 Å². The van der Waals surface area contributed by atoms with Gasteiger partial charge in [0.1, 0.15) is 13.0 Å². The minimum Gasteiger partial charge on any atom is -0.331 e. The van der Waals surface area contributed by atoms with Crippen molar-refractivity contribution in [3.05, 3.63) is 83.2 Å². The topological polar surface area (TPSA) is 55.2 Å². The smallest absolute Gasteiger partial charge is 0.254 e. The highest BCUT2D eigenvalue weighted by molar-refractivity contribution is 7.70. The van der Waals surface area contributed by atoms with Crippen molar-refractivity contribution in [3.8, 4) is 23.0 Å². The summed E-state index contributed by atoms with van der Waals surface area (Å²) in [6.45, 7) is 2.63. The summed E-state index contributed by atoms with van der Waals surface area (Å²) in [6.07, 6.45) is 0.416. The van der Waals surface area contributed by atoms with E-state index in [4.69, 9.17) is 9.10 Å². The fourth-order valence-electron chi connectivity index (χ4n) is 5.38. The number of benzene rings is 3. The number of carbonyl (C=O) groups excluding carboxylic acids is 1. The molecule has 6 rings (SSSR count). The third kappa shape index (κ3) is 3.28. The molecule has 6 heteroatoms. The number of fused-ring (bicyclic) bond motifs is 9. The Morgan fingerprint density at radius 2 is 1.83 bits per heavy atom. The summed E-state index contributed by atoms with van der Waals surface area (Å²) in [5.74, 6) is 6.12. The molecule has 0 unspecified atom stereocenters. The fraction of sp³-hybridized carbons (Fsp3) is 0.241. The van der Waals surface area contributed by atoms with Gasteiger partial charge >= 0.3 is 0 Å². The van der Waals surface area contributed by atoms with Crippen LogP contribution in [0.4, 0.5) is 0 Å². The second-order valence-corrected chi connectivity index (χ2v) is 12.7. The first kappa shape index (κ1) is 18.7. The second-order valence-electron chi connectivity index (χ2n) is 9.53. The predicted molar refractivity (Wildman–Crippen MR) is 141 cm³/mol. The highest BCUT2D eigenvalue weighted by Gasteiger charge is 2.44. The van der Waals surface area contributed by atoms with Gasteiger partial charge < -0.3 is 14.0 Å². The van der Waals surface area contributed by atoms with Gasteiger partial charge in [0.2, 0.25) is 0 Å². The van der Waals surface area contributed by atoms with Gasteiger partial charge in [0.25, 0.3) is 5.91 Å². The Kier molecular flexibility index (Phi) is 4.11. The van der Waals surface area contributed by atoms with Crippen molar-refractivity contribution in [1.82, 2.24) is 14.5 Å². The summed E-state index contributed by atoms with van der Waals surface area (Å²) in [4.78, 5) is 19.5. The van der Waals surface area contributed by atoms with Gasteiger partial charge in [0, 0.05) is 39.5 Å². The Hall–Kier alpha value is -3.61. The molecule has 4 aromatic rings. The van der Waals surface area contributed by atoms with Gasteiger partial charge in [0.15, 0.2) is 0 Å². The molecule has 174 valence electrons. The van der Waals surface area contributed by atoms with Crippen LogP contribution in [0.2, 0.25) is 0 Å². The van der Waals surface area contributed by atoms with E-state index in [0.717, 1.165) is 43.5 Å². The van der Waals surface area contributed by atoms with E-state index >= 15 is 0 Å². The molecule has 0 spiro atoms. The largest absolute Gasteiger partial charge is 0.331 e. The Morgan fingerprint density at radius 3 is 2.54 bits per heavy atom. The molecule has 2 atom stereocenters. The van der Waals surface area contributed by atoms with E-state index in [1.807, 2.05) is 42.5 Å². The lowest BCUT2D eigenvalue weighted by Crippen LogP contribution is -2.30. The van der Waals surface area contributed by atoms with E-state index < -0.39 is 26.1 Å². The van der Waals surface area contributed by atoms with Crippen molar-refractivity contribution in [3.63, 3.8) is 0 Å². The number of nitrogens with zero attached hydrogens (tertiary/aromatic N) is 3. The monoisotopic (exact) mass is 482 g/mol. The van der Waals surface area contributed by atoms with Crippen LogP contribution in [0.1, 0.15) is 56.8 Å². The van der Waals surface area contributed by atoms with Gasteiger partial charge in [-0.25, -0.2) is 4.98 Å². The van der Waals surface area contributed by atoms with E-state index in [-0.39, 0.29) is 6.04 Å². The van der Waals surface area contributed by atoms with Crippen LogP contribution in [0.25, 0.3) is 22.2 Å². The number of rotatable bonds is 2. The van der Waals surface area contributed by atoms with Crippen molar-refractivity contribution >= 4 is 29.4 Å². The zero-order chi connectivity index (χ0) is 27.0. The van der Waals surface area contributed by atoms with E-state index in [0.29, 0.717) is 17.8 Å². The first-order valence-corrected chi connectivity index (χ1v) is 14.2. The van der Waals surface area contributed by atoms with Crippen molar-refractivity contribution in [2.45, 2.75) is 25.4 Å². The van der Waals surface area contributed by atoms with Crippen LogP contribution in [0.3, 0.4) is 0 Å². The molecule has 2 aliphatic rings. The molecular formula is C29H26N3O2P. The van der Waals surface area contributed by atoms with Gasteiger partial charge in [-0.2, -0.15) is 0 Å². The molecule has 2 bridgehead atoms. The van der Waals surface area contributed by atoms with E-state index in [1.54, 1.807) is 32.4 Å². The van der Waals surface area contributed by atoms with Crippen molar-refractivity contribution in [2.24, 2.45) is 0 Å². The van der Waals surface area contributed by atoms with Crippen LogP contribution in [0.15, 0.2) is 60.7 Å². The lowest BCUT2D eigenvalue weighted by Gasteiger charge is -2.24. The summed E-state index contributed by atoms with van der Waals surface area (Å²) >= 11 is 0. The Labute approximate surface area is 209 Å². The zero-order valence-electron chi connectivity index (χ0n) is 22.7. The number of imidazole rings is 1. The summed E-state index contributed by atoms with van der Waals surface area (Å²) in [7, 11) is -2.36. The van der Waals surface area contributed by atoms with Gasteiger partial charge in [-0.3, -0.25) is 4.79 Å². The molecule has 0 radical (unpaired) electrons. The second kappa shape index (κ2) is 7.70. The molecule has 1 amide bonds. The Morgan fingerprint density at radius 1 is 1.06 bits per heavy atom. The molecule has 0 fully saturated rings. The molecule has 3 aromatic carbocycles. The van der Waals surface area contributed by atoms with E-state index in [1.165, 1.54) is 0 Å². The van der Waals surface area contributed by atoms with E-state index in [2.05, 4.69) is 22.5 Å². The zero-order valence-corrected chi connectivity index (χ0v) is 20.6. The molecule has 0 N–H and O–H groups in total. The molecule has 2 aliphatic heterocycles. The average molecular weight is 483 g/mol. The van der Waals surface area contributed by atoms with Crippen LogP contribution in [0.5, 0.6) is 0 Å². The Bertz CT molecular complexity index is 1740.